The summed E-state index contributed by atoms with van der Waals surface area (Å²) in [5.41, 5.74) is 0. The first-order chi connectivity index (χ1) is 11.1. The van der Waals surface area contributed by atoms with Crippen LogP contribution in [0.4, 0.5) is 0 Å². The molecule has 3 heterocycles. The molecule has 5 nitrogen and oxygen atoms in total. The van der Waals surface area contributed by atoms with Gasteiger partial charge in [-0.05, 0) is 68.9 Å². The molecule has 2 saturated carbocycles. The Kier molecular flexibility index (Phi) is 3.66. The fourth-order valence-corrected chi connectivity index (χ4v) is 5.04. The van der Waals surface area contributed by atoms with Gasteiger partial charge in [-0.25, -0.2) is 0 Å². The summed E-state index contributed by atoms with van der Waals surface area (Å²) in [4.78, 5) is 27.0. The van der Waals surface area contributed by atoms with Gasteiger partial charge in [0, 0.05) is 12.6 Å². The lowest BCUT2D eigenvalue weighted by Gasteiger charge is -2.39. The summed E-state index contributed by atoms with van der Waals surface area (Å²) in [5, 5.41) is 2.78. The number of carbonyl (C=O) groups is 2. The van der Waals surface area contributed by atoms with Gasteiger partial charge in [0.15, 0.2) is 5.76 Å². The molecule has 3 unspecified atom stereocenters. The molecule has 5 rings (SSSR count). The van der Waals surface area contributed by atoms with Crippen LogP contribution in [0.15, 0.2) is 22.8 Å². The summed E-state index contributed by atoms with van der Waals surface area (Å²) in [7, 11) is 0. The number of hydrogen-bond donors (Lipinski definition) is 1. The van der Waals surface area contributed by atoms with E-state index in [4.69, 9.17) is 4.42 Å². The van der Waals surface area contributed by atoms with Crippen molar-refractivity contribution in [2.45, 2.75) is 51.1 Å². The van der Waals surface area contributed by atoms with Crippen molar-refractivity contribution in [2.24, 2.45) is 17.8 Å². The van der Waals surface area contributed by atoms with E-state index in [1.54, 1.807) is 19.1 Å². The molecule has 1 aromatic heterocycles. The number of furan rings is 1. The number of nitrogens with one attached hydrogen (secondary N) is 1. The second kappa shape index (κ2) is 5.69. The van der Waals surface area contributed by atoms with E-state index >= 15 is 0 Å². The Labute approximate surface area is 136 Å². The van der Waals surface area contributed by atoms with Gasteiger partial charge >= 0.3 is 0 Å². The highest BCUT2D eigenvalue weighted by Crippen LogP contribution is 2.47. The fourth-order valence-electron chi connectivity index (χ4n) is 5.04. The van der Waals surface area contributed by atoms with Crippen molar-refractivity contribution in [1.82, 2.24) is 10.2 Å². The molecule has 2 saturated heterocycles. The number of fused-ring (bicyclic) bond motifs is 1. The Balaban J connectivity index is 1.45. The molecule has 2 amide bonds. The second-order valence-corrected chi connectivity index (χ2v) is 7.59. The molecule has 0 aromatic carbocycles. The predicted octanol–water partition coefficient (Wildman–Crippen LogP) is 2.44. The second-order valence-electron chi connectivity index (χ2n) is 7.59. The molecule has 124 valence electrons. The largest absolute Gasteiger partial charge is 0.459 e. The molecule has 23 heavy (non-hydrogen) atoms. The minimum Gasteiger partial charge on any atom is -0.459 e. The first-order valence-corrected chi connectivity index (χ1v) is 8.75. The molecule has 0 radical (unpaired) electrons. The third-order valence-electron chi connectivity index (χ3n) is 5.85. The number of amides is 2. The summed E-state index contributed by atoms with van der Waals surface area (Å²) >= 11 is 0. The quantitative estimate of drug-likeness (QED) is 0.931. The first kappa shape index (κ1) is 14.8. The van der Waals surface area contributed by atoms with Crippen LogP contribution in [0.1, 0.15) is 49.6 Å². The predicted molar refractivity (Wildman–Crippen MR) is 84.7 cm³/mol. The number of hydrogen-bond acceptors (Lipinski definition) is 3. The van der Waals surface area contributed by atoms with Gasteiger partial charge in [-0.3, -0.25) is 9.59 Å². The van der Waals surface area contributed by atoms with Crippen molar-refractivity contribution in [3.8, 4) is 0 Å². The first-order valence-electron chi connectivity index (χ1n) is 8.75. The Morgan fingerprint density at radius 1 is 1.17 bits per heavy atom. The van der Waals surface area contributed by atoms with Crippen molar-refractivity contribution >= 4 is 11.8 Å². The molecule has 4 aliphatic rings. The Bertz CT molecular complexity index is 583. The van der Waals surface area contributed by atoms with Crippen LogP contribution in [0.2, 0.25) is 0 Å². The van der Waals surface area contributed by atoms with Gasteiger partial charge in [-0.1, -0.05) is 0 Å². The molecule has 1 aromatic rings. The molecule has 3 atom stereocenters. The standard InChI is InChI=1S/C18H24N2O3/c1-11(19-17(21)16-3-2-4-23-16)18(22)20-10-14-6-12-5-13(7-14)9-15(20)8-12/h2-4,11-15H,5-10H2,1H3,(H,19,21). The Morgan fingerprint density at radius 2 is 1.87 bits per heavy atom. The lowest BCUT2D eigenvalue weighted by Crippen LogP contribution is -2.51. The van der Waals surface area contributed by atoms with E-state index in [9.17, 15) is 9.59 Å². The van der Waals surface area contributed by atoms with Crippen molar-refractivity contribution in [3.05, 3.63) is 24.2 Å². The summed E-state index contributed by atoms with van der Waals surface area (Å²) < 4.78 is 5.09. The van der Waals surface area contributed by atoms with Crippen LogP contribution in [0.5, 0.6) is 0 Å². The lowest BCUT2D eigenvalue weighted by atomic mass is 9.68. The minimum atomic E-state index is -0.511. The normalized spacial score (nSPS) is 33.3. The molecule has 4 fully saturated rings. The molecule has 4 bridgehead atoms. The highest BCUT2D eigenvalue weighted by molar-refractivity contribution is 5.95. The number of nitrogens with zero attached hydrogens (tertiary/aromatic N) is 1. The third-order valence-corrected chi connectivity index (χ3v) is 5.85. The van der Waals surface area contributed by atoms with Crippen LogP contribution >= 0.6 is 0 Å². The number of rotatable bonds is 3. The Hall–Kier alpha value is -1.78. The van der Waals surface area contributed by atoms with Gasteiger partial charge < -0.3 is 14.6 Å². The summed E-state index contributed by atoms with van der Waals surface area (Å²) in [6, 6.07) is 3.15. The van der Waals surface area contributed by atoms with Crippen LogP contribution < -0.4 is 5.32 Å². The smallest absolute Gasteiger partial charge is 0.287 e. The molecule has 2 aliphatic heterocycles. The van der Waals surface area contributed by atoms with E-state index in [0.717, 1.165) is 31.2 Å². The van der Waals surface area contributed by atoms with Crippen LogP contribution in [0.3, 0.4) is 0 Å². The van der Waals surface area contributed by atoms with Crippen LogP contribution in [-0.2, 0) is 4.79 Å². The van der Waals surface area contributed by atoms with E-state index in [-0.39, 0.29) is 17.6 Å². The van der Waals surface area contributed by atoms with Crippen LogP contribution in [-0.4, -0.2) is 35.3 Å². The van der Waals surface area contributed by atoms with E-state index in [1.807, 2.05) is 0 Å². The van der Waals surface area contributed by atoms with E-state index in [2.05, 4.69) is 10.2 Å². The topological polar surface area (TPSA) is 62.6 Å². The van der Waals surface area contributed by atoms with Crippen molar-refractivity contribution in [2.75, 3.05) is 6.54 Å². The average molecular weight is 316 g/mol. The van der Waals surface area contributed by atoms with Crippen molar-refractivity contribution in [1.29, 1.82) is 0 Å². The van der Waals surface area contributed by atoms with Gasteiger partial charge in [0.1, 0.15) is 6.04 Å². The van der Waals surface area contributed by atoms with Crippen LogP contribution in [0, 0.1) is 17.8 Å². The maximum absolute atomic E-state index is 12.9. The third kappa shape index (κ3) is 2.77. The van der Waals surface area contributed by atoms with Gasteiger partial charge in [0.2, 0.25) is 5.91 Å². The molecule has 1 N–H and O–H groups in total. The highest BCUT2D eigenvalue weighted by Gasteiger charge is 2.44. The summed E-state index contributed by atoms with van der Waals surface area (Å²) in [6.45, 7) is 2.65. The lowest BCUT2D eigenvalue weighted by molar-refractivity contribution is -0.135. The van der Waals surface area contributed by atoms with Crippen molar-refractivity contribution < 1.29 is 14.0 Å². The zero-order valence-corrected chi connectivity index (χ0v) is 13.5. The van der Waals surface area contributed by atoms with Crippen molar-refractivity contribution in [3.63, 3.8) is 0 Å². The monoisotopic (exact) mass is 316 g/mol. The molecule has 2 aliphatic carbocycles. The minimum absolute atomic E-state index is 0.0584. The number of carbonyl (C=O) groups excluding carboxylic acids is 2. The van der Waals surface area contributed by atoms with Gasteiger partial charge in [-0.2, -0.15) is 0 Å². The maximum Gasteiger partial charge on any atom is 0.287 e. The average Bonchev–Trinajstić information content (AvgIpc) is 2.98. The Morgan fingerprint density at radius 3 is 2.52 bits per heavy atom. The van der Waals surface area contributed by atoms with E-state index in [1.165, 1.54) is 25.5 Å². The molecule has 0 spiro atoms. The SMILES string of the molecule is CC(NC(=O)c1ccco1)C(=O)N1CC2CC3CC(C2)CC1C3. The highest BCUT2D eigenvalue weighted by atomic mass is 16.3. The van der Waals surface area contributed by atoms with E-state index < -0.39 is 6.04 Å². The molecular formula is C18H24N2O3. The van der Waals surface area contributed by atoms with Crippen LogP contribution in [0.25, 0.3) is 0 Å². The summed E-state index contributed by atoms with van der Waals surface area (Å²) in [6.07, 6.45) is 7.69. The fraction of sp³-hybridized carbons (Fsp3) is 0.667. The zero-order valence-electron chi connectivity index (χ0n) is 13.5. The van der Waals surface area contributed by atoms with Gasteiger partial charge in [-0.15, -0.1) is 0 Å². The molecular weight excluding hydrogens is 292 g/mol. The maximum atomic E-state index is 12.9. The summed E-state index contributed by atoms with van der Waals surface area (Å²) in [5.74, 6) is 2.26. The van der Waals surface area contributed by atoms with Gasteiger partial charge in [0.05, 0.1) is 6.26 Å². The van der Waals surface area contributed by atoms with E-state index in [0.29, 0.717) is 12.0 Å². The zero-order chi connectivity index (χ0) is 16.0. The van der Waals surface area contributed by atoms with Gasteiger partial charge in [0.25, 0.3) is 5.91 Å². The molecule has 5 heteroatoms.